The predicted molar refractivity (Wildman–Crippen MR) is 58.7 cm³/mol. The van der Waals surface area contributed by atoms with Gasteiger partial charge in [-0.3, -0.25) is 0 Å². The van der Waals surface area contributed by atoms with Gasteiger partial charge < -0.3 is 10.5 Å². The first kappa shape index (κ1) is 15.5. The Bertz CT molecular complexity index is 107. The first-order valence-electron chi connectivity index (χ1n) is 4.92. The molecule has 0 aliphatic carbocycles. The van der Waals surface area contributed by atoms with Crippen molar-refractivity contribution in [1.82, 2.24) is 0 Å². The van der Waals surface area contributed by atoms with Crippen molar-refractivity contribution in [3.8, 4) is 0 Å². The topological polar surface area (TPSA) is 35.2 Å². The SMILES string of the molecule is CCC(CC)(CC)CC(N)OC.[B]. The van der Waals surface area contributed by atoms with E-state index in [2.05, 4.69) is 20.8 Å². The van der Waals surface area contributed by atoms with Crippen LogP contribution in [0.15, 0.2) is 0 Å². The van der Waals surface area contributed by atoms with E-state index in [1.807, 2.05) is 0 Å². The molecule has 13 heavy (non-hydrogen) atoms. The third kappa shape index (κ3) is 4.68. The van der Waals surface area contributed by atoms with Gasteiger partial charge in [-0.05, 0) is 11.8 Å². The molecule has 0 rings (SSSR count). The Kier molecular flexibility index (Phi) is 8.79. The van der Waals surface area contributed by atoms with E-state index in [4.69, 9.17) is 10.5 Å². The Morgan fingerprint density at radius 3 is 1.77 bits per heavy atom. The molecule has 0 bridgehead atoms. The van der Waals surface area contributed by atoms with Crippen molar-refractivity contribution < 1.29 is 4.74 Å². The smallest absolute Gasteiger partial charge is 0.105 e. The van der Waals surface area contributed by atoms with Crippen molar-refractivity contribution in [2.75, 3.05) is 7.11 Å². The average Bonchev–Trinajstić information content (AvgIpc) is 2.14. The Hall–Kier alpha value is -0.0151. The molecule has 2 N–H and O–H groups in total. The van der Waals surface area contributed by atoms with Gasteiger partial charge in [-0.2, -0.15) is 0 Å². The highest BCUT2D eigenvalue weighted by Gasteiger charge is 2.26. The van der Waals surface area contributed by atoms with Gasteiger partial charge in [-0.25, -0.2) is 0 Å². The fourth-order valence-corrected chi connectivity index (χ4v) is 1.69. The molecule has 0 aromatic rings. The van der Waals surface area contributed by atoms with E-state index in [1.165, 1.54) is 19.3 Å². The van der Waals surface area contributed by atoms with E-state index < -0.39 is 0 Å². The van der Waals surface area contributed by atoms with Gasteiger partial charge >= 0.3 is 0 Å². The predicted octanol–water partition coefficient (Wildman–Crippen LogP) is 2.14. The maximum Gasteiger partial charge on any atom is 0.105 e. The van der Waals surface area contributed by atoms with Crippen molar-refractivity contribution in [3.05, 3.63) is 0 Å². The minimum atomic E-state index is -0.0927. The van der Waals surface area contributed by atoms with Crippen LogP contribution in [0.4, 0.5) is 0 Å². The summed E-state index contributed by atoms with van der Waals surface area (Å²) in [7, 11) is 1.68. The minimum Gasteiger partial charge on any atom is -0.367 e. The lowest BCUT2D eigenvalue weighted by atomic mass is 9.76. The molecule has 0 aromatic heterocycles. The highest BCUT2D eigenvalue weighted by Crippen LogP contribution is 2.34. The number of hydrogen-bond acceptors (Lipinski definition) is 2. The second-order valence-electron chi connectivity index (χ2n) is 3.54. The van der Waals surface area contributed by atoms with Gasteiger partial charge in [0.2, 0.25) is 0 Å². The summed E-state index contributed by atoms with van der Waals surface area (Å²) < 4.78 is 5.09. The van der Waals surface area contributed by atoms with Gasteiger partial charge in [-0.1, -0.05) is 40.0 Å². The Balaban J connectivity index is 0. The number of rotatable bonds is 6. The zero-order valence-corrected chi connectivity index (χ0v) is 9.47. The second-order valence-corrected chi connectivity index (χ2v) is 3.54. The Morgan fingerprint density at radius 1 is 1.15 bits per heavy atom. The fraction of sp³-hybridized carbons (Fsp3) is 1.00. The first-order valence-corrected chi connectivity index (χ1v) is 4.92. The molecule has 0 aromatic carbocycles. The zero-order valence-electron chi connectivity index (χ0n) is 9.47. The number of ether oxygens (including phenoxy) is 1. The minimum absolute atomic E-state index is 0. The van der Waals surface area contributed by atoms with Crippen LogP contribution in [-0.2, 0) is 4.74 Å². The molecule has 0 aliphatic heterocycles. The normalized spacial score (nSPS) is 13.6. The van der Waals surface area contributed by atoms with E-state index in [0.717, 1.165) is 6.42 Å². The molecule has 0 aliphatic rings. The van der Waals surface area contributed by atoms with Crippen LogP contribution in [0.3, 0.4) is 0 Å². The Morgan fingerprint density at radius 2 is 1.54 bits per heavy atom. The van der Waals surface area contributed by atoms with Crippen molar-refractivity contribution in [3.63, 3.8) is 0 Å². The molecule has 3 heteroatoms. The number of methoxy groups -OCH3 is 1. The summed E-state index contributed by atoms with van der Waals surface area (Å²) in [6.45, 7) is 6.69. The van der Waals surface area contributed by atoms with Crippen molar-refractivity contribution in [2.24, 2.45) is 11.1 Å². The molecule has 0 spiro atoms. The van der Waals surface area contributed by atoms with Crippen LogP contribution in [0.1, 0.15) is 46.5 Å². The molecule has 1 unspecified atom stereocenters. The first-order chi connectivity index (χ1) is 5.64. The molecule has 2 nitrogen and oxygen atoms in total. The summed E-state index contributed by atoms with van der Waals surface area (Å²) in [5, 5.41) is 0. The molecule has 3 radical (unpaired) electrons. The third-order valence-electron chi connectivity index (χ3n) is 3.19. The summed E-state index contributed by atoms with van der Waals surface area (Å²) in [6.07, 6.45) is 4.46. The van der Waals surface area contributed by atoms with E-state index in [0.29, 0.717) is 5.41 Å². The van der Waals surface area contributed by atoms with Crippen molar-refractivity contribution in [2.45, 2.75) is 52.7 Å². The van der Waals surface area contributed by atoms with E-state index in [-0.39, 0.29) is 14.6 Å². The molecule has 0 saturated carbocycles. The van der Waals surface area contributed by atoms with Gasteiger partial charge in [-0.15, -0.1) is 0 Å². The summed E-state index contributed by atoms with van der Waals surface area (Å²) in [5.74, 6) is 0. The molecule has 0 fully saturated rings. The van der Waals surface area contributed by atoms with Crippen LogP contribution >= 0.6 is 0 Å². The van der Waals surface area contributed by atoms with Gasteiger partial charge in [0.05, 0.1) is 0 Å². The van der Waals surface area contributed by atoms with Crippen molar-refractivity contribution in [1.29, 1.82) is 0 Å². The molecule has 0 saturated heterocycles. The molecular weight excluding hydrogens is 161 g/mol. The largest absolute Gasteiger partial charge is 0.367 e. The van der Waals surface area contributed by atoms with Crippen LogP contribution in [0.5, 0.6) is 0 Å². The monoisotopic (exact) mass is 184 g/mol. The third-order valence-corrected chi connectivity index (χ3v) is 3.19. The average molecular weight is 184 g/mol. The van der Waals surface area contributed by atoms with Crippen LogP contribution < -0.4 is 5.73 Å². The summed E-state index contributed by atoms with van der Waals surface area (Å²) in [6, 6.07) is 0. The zero-order chi connectivity index (χ0) is 9.61. The van der Waals surface area contributed by atoms with E-state index in [1.54, 1.807) is 7.11 Å². The molecule has 1 atom stereocenters. The summed E-state index contributed by atoms with van der Waals surface area (Å²) >= 11 is 0. The summed E-state index contributed by atoms with van der Waals surface area (Å²) in [4.78, 5) is 0. The lowest BCUT2D eigenvalue weighted by Crippen LogP contribution is -2.31. The Labute approximate surface area is 84.8 Å². The van der Waals surface area contributed by atoms with Gasteiger partial charge in [0.1, 0.15) is 6.23 Å². The molecule has 0 heterocycles. The van der Waals surface area contributed by atoms with Crippen molar-refractivity contribution >= 4 is 8.41 Å². The quantitative estimate of drug-likeness (QED) is 0.507. The lowest BCUT2D eigenvalue weighted by molar-refractivity contribution is 0.0494. The van der Waals surface area contributed by atoms with Gasteiger partial charge in [0, 0.05) is 15.5 Å². The standard InChI is InChI=1S/C10H23NO.B/c1-5-10(6-2,7-3)8-9(11)12-4;/h9H,5-8,11H2,1-4H3;. The highest BCUT2D eigenvalue weighted by molar-refractivity contribution is 5.75. The van der Waals surface area contributed by atoms with E-state index >= 15 is 0 Å². The van der Waals surface area contributed by atoms with Crippen LogP contribution in [0.2, 0.25) is 0 Å². The molecule has 0 amide bonds. The maximum atomic E-state index is 5.76. The lowest BCUT2D eigenvalue weighted by Gasteiger charge is -2.32. The number of hydrogen-bond donors (Lipinski definition) is 1. The van der Waals surface area contributed by atoms with Crippen LogP contribution in [0.25, 0.3) is 0 Å². The van der Waals surface area contributed by atoms with Gasteiger partial charge in [0.25, 0.3) is 0 Å². The molecule has 77 valence electrons. The maximum absolute atomic E-state index is 5.76. The van der Waals surface area contributed by atoms with Gasteiger partial charge in [0.15, 0.2) is 0 Å². The highest BCUT2D eigenvalue weighted by atomic mass is 16.5. The number of nitrogens with two attached hydrogens (primary N) is 1. The summed E-state index contributed by atoms with van der Waals surface area (Å²) in [5.41, 5.74) is 6.16. The fourth-order valence-electron chi connectivity index (χ4n) is 1.69. The van der Waals surface area contributed by atoms with E-state index in [9.17, 15) is 0 Å². The van der Waals surface area contributed by atoms with Crippen LogP contribution in [0, 0.1) is 5.41 Å². The molecular formula is C10H23BNO. The second kappa shape index (κ2) is 7.39. The van der Waals surface area contributed by atoms with Crippen LogP contribution in [-0.4, -0.2) is 21.8 Å².